The van der Waals surface area contributed by atoms with Gasteiger partial charge < -0.3 is 21.1 Å². The number of amides is 2. The van der Waals surface area contributed by atoms with Crippen LogP contribution in [0.2, 0.25) is 5.02 Å². The highest BCUT2D eigenvalue weighted by Gasteiger charge is 2.26. The van der Waals surface area contributed by atoms with Crippen molar-refractivity contribution in [3.8, 4) is 0 Å². The van der Waals surface area contributed by atoms with Gasteiger partial charge in [0.1, 0.15) is 5.82 Å². The lowest BCUT2D eigenvalue weighted by Gasteiger charge is -2.25. The predicted octanol–water partition coefficient (Wildman–Crippen LogP) is 1.42. The highest BCUT2D eigenvalue weighted by Crippen LogP contribution is 2.29. The molecule has 1 heterocycles. The zero-order valence-corrected chi connectivity index (χ0v) is 11.6. The van der Waals surface area contributed by atoms with Crippen LogP contribution in [0.25, 0.3) is 0 Å². The molecule has 0 aromatic heterocycles. The third-order valence-corrected chi connectivity index (χ3v) is 3.51. The zero-order valence-electron chi connectivity index (χ0n) is 10.9. The van der Waals surface area contributed by atoms with E-state index in [-0.39, 0.29) is 17.0 Å². The van der Waals surface area contributed by atoms with Gasteiger partial charge in [0.2, 0.25) is 0 Å². The first-order valence-corrected chi connectivity index (χ1v) is 6.76. The summed E-state index contributed by atoms with van der Waals surface area (Å²) in [7, 11) is 0. The Morgan fingerprint density at radius 3 is 3.10 bits per heavy atom. The second-order valence-electron chi connectivity index (χ2n) is 4.67. The van der Waals surface area contributed by atoms with E-state index in [0.717, 1.165) is 12.1 Å². The predicted molar refractivity (Wildman–Crippen MR) is 74.0 cm³/mol. The minimum atomic E-state index is -0.579. The van der Waals surface area contributed by atoms with Gasteiger partial charge >= 0.3 is 6.03 Å². The van der Waals surface area contributed by atoms with Gasteiger partial charge in [0.25, 0.3) is 0 Å². The van der Waals surface area contributed by atoms with E-state index in [1.807, 2.05) is 0 Å². The second kappa shape index (κ2) is 6.88. The first-order chi connectivity index (χ1) is 9.58. The molecule has 1 aromatic carbocycles. The van der Waals surface area contributed by atoms with Gasteiger partial charge in [0.05, 0.1) is 17.7 Å². The Labute approximate surface area is 121 Å². The van der Waals surface area contributed by atoms with Crippen molar-refractivity contribution in [3.05, 3.63) is 34.6 Å². The molecule has 1 aliphatic heterocycles. The minimum Gasteiger partial charge on any atom is -0.372 e. The summed E-state index contributed by atoms with van der Waals surface area (Å²) in [5.74, 6) is -0.472. The van der Waals surface area contributed by atoms with E-state index in [1.165, 1.54) is 6.07 Å². The smallest absolute Gasteiger partial charge is 0.312 e. The van der Waals surface area contributed by atoms with E-state index in [4.69, 9.17) is 22.1 Å². The summed E-state index contributed by atoms with van der Waals surface area (Å²) >= 11 is 5.81. The van der Waals surface area contributed by atoms with Gasteiger partial charge in [0.15, 0.2) is 0 Å². The molecule has 1 aliphatic rings. The molecule has 7 heteroatoms. The molecular weight excluding hydrogens is 285 g/mol. The van der Waals surface area contributed by atoms with Crippen LogP contribution in [0.1, 0.15) is 11.7 Å². The summed E-state index contributed by atoms with van der Waals surface area (Å²) in [4.78, 5) is 10.8. The molecular formula is C13H17ClFN3O2. The van der Waals surface area contributed by atoms with Crippen molar-refractivity contribution in [2.24, 2.45) is 11.7 Å². The minimum absolute atomic E-state index is 0.00784. The van der Waals surface area contributed by atoms with Crippen molar-refractivity contribution >= 4 is 17.6 Å². The second-order valence-corrected chi connectivity index (χ2v) is 5.08. The highest BCUT2D eigenvalue weighted by molar-refractivity contribution is 6.30. The van der Waals surface area contributed by atoms with E-state index in [9.17, 15) is 9.18 Å². The monoisotopic (exact) mass is 301 g/mol. The number of ether oxygens (including phenoxy) is 1. The van der Waals surface area contributed by atoms with Crippen LogP contribution < -0.4 is 16.4 Å². The van der Waals surface area contributed by atoms with Crippen LogP contribution in [0, 0.1) is 11.7 Å². The van der Waals surface area contributed by atoms with Gasteiger partial charge in [0, 0.05) is 25.6 Å². The molecule has 2 amide bonds. The Balaban J connectivity index is 2.18. The molecule has 0 saturated carbocycles. The number of carbonyl (C=O) groups is 1. The lowest BCUT2D eigenvalue weighted by Crippen LogP contribution is -2.38. The highest BCUT2D eigenvalue weighted by atomic mass is 35.5. The summed E-state index contributed by atoms with van der Waals surface area (Å²) < 4.78 is 19.0. The fraction of sp³-hybridized carbons (Fsp3) is 0.462. The van der Waals surface area contributed by atoms with Crippen LogP contribution in [0.15, 0.2) is 18.2 Å². The van der Waals surface area contributed by atoms with Crippen molar-refractivity contribution in [1.82, 2.24) is 10.6 Å². The molecule has 0 aliphatic carbocycles. The normalized spacial score (nSPS) is 23.1. The van der Waals surface area contributed by atoms with E-state index in [2.05, 4.69) is 10.6 Å². The molecule has 20 heavy (non-hydrogen) atoms. The average molecular weight is 302 g/mol. The van der Waals surface area contributed by atoms with Gasteiger partial charge in [-0.1, -0.05) is 17.7 Å². The number of nitrogens with one attached hydrogen (secondary N) is 2. The first-order valence-electron chi connectivity index (χ1n) is 6.38. The van der Waals surface area contributed by atoms with Gasteiger partial charge in [-0.15, -0.1) is 0 Å². The van der Waals surface area contributed by atoms with Crippen LogP contribution in [-0.4, -0.2) is 32.3 Å². The lowest BCUT2D eigenvalue weighted by molar-refractivity contribution is 0.0315. The van der Waals surface area contributed by atoms with Crippen molar-refractivity contribution in [3.63, 3.8) is 0 Å². The fourth-order valence-electron chi connectivity index (χ4n) is 2.26. The van der Waals surface area contributed by atoms with Gasteiger partial charge in [-0.2, -0.15) is 0 Å². The molecule has 4 N–H and O–H groups in total. The van der Waals surface area contributed by atoms with E-state index >= 15 is 0 Å². The SMILES string of the molecule is NC(=O)NC[C@@H]1CNCCOC1c1ccc(F)c(Cl)c1. The Bertz CT molecular complexity index is 487. The van der Waals surface area contributed by atoms with Crippen LogP contribution >= 0.6 is 11.6 Å². The van der Waals surface area contributed by atoms with Crippen molar-refractivity contribution in [2.75, 3.05) is 26.2 Å². The molecule has 1 fully saturated rings. The molecule has 0 bridgehead atoms. The Hall–Kier alpha value is -1.37. The largest absolute Gasteiger partial charge is 0.372 e. The molecule has 5 nitrogen and oxygen atoms in total. The zero-order chi connectivity index (χ0) is 14.5. The fourth-order valence-corrected chi connectivity index (χ4v) is 2.45. The first kappa shape index (κ1) is 15.0. The topological polar surface area (TPSA) is 76.4 Å². The van der Waals surface area contributed by atoms with Gasteiger partial charge in [-0.25, -0.2) is 9.18 Å². The molecule has 1 saturated heterocycles. The average Bonchev–Trinajstić information content (AvgIpc) is 2.65. The van der Waals surface area contributed by atoms with Crippen LogP contribution in [0.4, 0.5) is 9.18 Å². The summed E-state index contributed by atoms with van der Waals surface area (Å²) in [5.41, 5.74) is 5.88. The van der Waals surface area contributed by atoms with Crippen molar-refractivity contribution < 1.29 is 13.9 Å². The maximum absolute atomic E-state index is 13.2. The summed E-state index contributed by atoms with van der Waals surface area (Å²) in [6.45, 7) is 2.30. The van der Waals surface area contributed by atoms with Crippen molar-refractivity contribution in [1.29, 1.82) is 0 Å². The molecule has 1 unspecified atom stereocenters. The number of nitrogens with two attached hydrogens (primary N) is 1. The maximum Gasteiger partial charge on any atom is 0.312 e. The third-order valence-electron chi connectivity index (χ3n) is 3.22. The summed E-state index contributed by atoms with van der Waals surface area (Å²) in [6.07, 6.45) is -0.269. The lowest BCUT2D eigenvalue weighted by atomic mass is 9.95. The van der Waals surface area contributed by atoms with E-state index in [0.29, 0.717) is 19.7 Å². The van der Waals surface area contributed by atoms with Crippen LogP contribution in [-0.2, 0) is 4.74 Å². The number of rotatable bonds is 3. The molecule has 1 aromatic rings. The third kappa shape index (κ3) is 3.82. The number of primary amides is 1. The molecule has 110 valence electrons. The number of carbonyl (C=O) groups excluding carboxylic acids is 1. The van der Waals surface area contributed by atoms with Gasteiger partial charge in [-0.3, -0.25) is 0 Å². The van der Waals surface area contributed by atoms with Gasteiger partial charge in [-0.05, 0) is 17.7 Å². The standard InChI is InChI=1S/C13H17ClFN3O2/c14-10-5-8(1-2-11(10)15)12-9(7-18-13(16)19)6-17-3-4-20-12/h1-2,5,9,12,17H,3-4,6-7H2,(H3,16,18,19)/t9-,12?/m0/s1. The molecule has 2 rings (SSSR count). The number of benzene rings is 1. The summed E-state index contributed by atoms with van der Waals surface area (Å²) in [6, 6.07) is 3.95. The van der Waals surface area contributed by atoms with Crippen LogP contribution in [0.5, 0.6) is 0 Å². The number of hydrogen-bond acceptors (Lipinski definition) is 3. The molecule has 2 atom stereocenters. The Morgan fingerprint density at radius 2 is 2.40 bits per heavy atom. The van der Waals surface area contributed by atoms with E-state index < -0.39 is 11.8 Å². The van der Waals surface area contributed by atoms with E-state index in [1.54, 1.807) is 12.1 Å². The summed E-state index contributed by atoms with van der Waals surface area (Å²) in [5, 5.41) is 5.86. The molecule has 0 spiro atoms. The molecule has 0 radical (unpaired) electrons. The Morgan fingerprint density at radius 1 is 1.60 bits per heavy atom. The maximum atomic E-state index is 13.2. The Kier molecular flexibility index (Phi) is 5.17. The van der Waals surface area contributed by atoms with Crippen LogP contribution in [0.3, 0.4) is 0 Å². The number of halogens is 2. The quantitative estimate of drug-likeness (QED) is 0.790. The number of hydrogen-bond donors (Lipinski definition) is 3. The van der Waals surface area contributed by atoms with Crippen molar-refractivity contribution in [2.45, 2.75) is 6.10 Å². The number of urea groups is 1.